The molecule has 35 heavy (non-hydrogen) atoms. The number of hydrogen-bond acceptors (Lipinski definition) is 5. The van der Waals surface area contributed by atoms with Crippen LogP contribution >= 0.6 is 23.2 Å². The average molecular weight is 517 g/mol. The van der Waals surface area contributed by atoms with Crippen molar-refractivity contribution in [2.24, 2.45) is 0 Å². The average Bonchev–Trinajstić information content (AvgIpc) is 2.97. The fourth-order valence-corrected chi connectivity index (χ4v) is 5.14. The highest BCUT2D eigenvalue weighted by atomic mass is 35.5. The predicted molar refractivity (Wildman–Crippen MR) is 139 cm³/mol. The van der Waals surface area contributed by atoms with Gasteiger partial charge in [-0.15, -0.1) is 5.92 Å². The van der Waals surface area contributed by atoms with Crippen molar-refractivity contribution in [3.05, 3.63) is 45.4 Å². The lowest BCUT2D eigenvalue weighted by atomic mass is 9.95. The third-order valence-corrected chi connectivity index (χ3v) is 6.73. The van der Waals surface area contributed by atoms with Crippen LogP contribution in [0.2, 0.25) is 10.0 Å². The molecule has 0 radical (unpaired) electrons. The predicted octanol–water partition coefficient (Wildman–Crippen LogP) is 5.85. The Morgan fingerprint density at radius 2 is 1.97 bits per heavy atom. The van der Waals surface area contributed by atoms with E-state index < -0.39 is 5.60 Å². The number of nitrogens with zero attached hydrogens (tertiary/aromatic N) is 2. The monoisotopic (exact) mass is 516 g/mol. The molecule has 1 atom stereocenters. The number of fused-ring (bicyclic) bond motifs is 2. The van der Waals surface area contributed by atoms with E-state index in [0.29, 0.717) is 65.5 Å². The lowest BCUT2D eigenvalue weighted by Gasteiger charge is -2.40. The minimum atomic E-state index is -0.537. The van der Waals surface area contributed by atoms with Gasteiger partial charge >= 0.3 is 6.09 Å². The summed E-state index contributed by atoms with van der Waals surface area (Å²) in [7, 11) is 1.60. The van der Waals surface area contributed by atoms with Gasteiger partial charge in [0.25, 0.3) is 0 Å². The zero-order valence-corrected chi connectivity index (χ0v) is 22.2. The number of methoxy groups -OCH3 is 1. The molecule has 0 bridgehead atoms. The fraction of sp³-hybridized carbons (Fsp3) is 0.444. The van der Waals surface area contributed by atoms with Crippen LogP contribution in [0.25, 0.3) is 11.1 Å². The maximum atomic E-state index is 12.6. The maximum Gasteiger partial charge on any atom is 0.410 e. The van der Waals surface area contributed by atoms with Crippen LogP contribution < -0.4 is 9.47 Å². The Balaban J connectivity index is 1.70. The van der Waals surface area contributed by atoms with E-state index in [2.05, 4.69) is 16.7 Å². The molecule has 2 aliphatic rings. The number of amides is 1. The Labute approximate surface area is 217 Å². The molecule has 0 unspecified atom stereocenters. The lowest BCUT2D eigenvalue weighted by Crippen LogP contribution is -2.56. The number of carbonyl (C=O) groups excluding carboxylic acids is 1. The van der Waals surface area contributed by atoms with Crippen LogP contribution in [0, 0.1) is 11.8 Å². The Morgan fingerprint density at radius 3 is 2.66 bits per heavy atom. The molecule has 1 fully saturated rings. The van der Waals surface area contributed by atoms with Crippen LogP contribution in [0.4, 0.5) is 4.79 Å². The van der Waals surface area contributed by atoms with Gasteiger partial charge in [0, 0.05) is 48.4 Å². The Morgan fingerprint density at radius 1 is 1.20 bits per heavy atom. The van der Waals surface area contributed by atoms with Gasteiger partial charge in [0.1, 0.15) is 23.7 Å². The molecule has 2 aliphatic heterocycles. The first-order valence-electron chi connectivity index (χ1n) is 11.6. The van der Waals surface area contributed by atoms with E-state index in [1.807, 2.05) is 39.0 Å². The van der Waals surface area contributed by atoms with Crippen molar-refractivity contribution in [3.63, 3.8) is 0 Å². The van der Waals surface area contributed by atoms with Crippen molar-refractivity contribution in [1.29, 1.82) is 0 Å². The van der Waals surface area contributed by atoms with Crippen molar-refractivity contribution in [1.82, 2.24) is 9.80 Å². The largest absolute Gasteiger partial charge is 0.496 e. The number of piperazine rings is 1. The second-order valence-corrected chi connectivity index (χ2v) is 10.4. The highest BCUT2D eigenvalue weighted by molar-refractivity contribution is 6.38. The molecule has 0 spiro atoms. The standard InChI is InChI=1S/C27H30Cl2N2O4/c1-6-8-17-13-18-14-30-11-12-31(26(32)35-27(2,3)4)15-19(30)16-34-25(18)24(29)22(17)23-20(28)9-7-10-21(23)33-5/h7,9-10,13,19H,11-12,14-16H2,1-5H3/t19-/m1/s1. The summed E-state index contributed by atoms with van der Waals surface area (Å²) in [4.78, 5) is 16.7. The molecule has 4 rings (SSSR count). The maximum absolute atomic E-state index is 12.6. The molecule has 186 valence electrons. The number of rotatable bonds is 2. The molecule has 2 heterocycles. The molecule has 0 aromatic heterocycles. The quantitative estimate of drug-likeness (QED) is 0.468. The number of halogens is 2. The smallest absolute Gasteiger partial charge is 0.410 e. The summed E-state index contributed by atoms with van der Waals surface area (Å²) in [5.41, 5.74) is 2.55. The van der Waals surface area contributed by atoms with Crippen LogP contribution in [-0.4, -0.2) is 60.9 Å². The van der Waals surface area contributed by atoms with Crippen LogP contribution in [0.1, 0.15) is 38.8 Å². The van der Waals surface area contributed by atoms with Crippen LogP contribution in [-0.2, 0) is 11.3 Å². The van der Waals surface area contributed by atoms with E-state index in [1.54, 1.807) is 25.0 Å². The Kier molecular flexibility index (Phi) is 7.42. The molecule has 2 aromatic rings. The SMILES string of the molecule is CC#Cc1cc2c(c(Cl)c1-c1c(Cl)cccc1OC)OC[C@H]1CN(C(=O)OC(C)(C)C)CCN1C2. The van der Waals surface area contributed by atoms with Crippen LogP contribution in [0.15, 0.2) is 24.3 Å². The minimum Gasteiger partial charge on any atom is -0.496 e. The van der Waals surface area contributed by atoms with Crippen molar-refractivity contribution >= 4 is 29.3 Å². The van der Waals surface area contributed by atoms with Gasteiger partial charge in [0.2, 0.25) is 0 Å². The van der Waals surface area contributed by atoms with Gasteiger partial charge in [0.15, 0.2) is 0 Å². The Bertz CT molecular complexity index is 1200. The van der Waals surface area contributed by atoms with E-state index in [0.717, 1.165) is 11.1 Å². The van der Waals surface area contributed by atoms with Crippen molar-refractivity contribution in [2.45, 2.75) is 45.9 Å². The summed E-state index contributed by atoms with van der Waals surface area (Å²) in [6, 6.07) is 7.52. The number of carbonyl (C=O) groups is 1. The first-order valence-corrected chi connectivity index (χ1v) is 12.3. The summed E-state index contributed by atoms with van der Waals surface area (Å²) < 4.78 is 17.5. The van der Waals surface area contributed by atoms with E-state index in [4.69, 9.17) is 37.4 Å². The third kappa shape index (κ3) is 5.33. The summed E-state index contributed by atoms with van der Waals surface area (Å²) in [5, 5.41) is 0.972. The van der Waals surface area contributed by atoms with E-state index in [1.165, 1.54) is 0 Å². The molecule has 0 N–H and O–H groups in total. The second kappa shape index (κ2) is 10.2. The molecule has 0 saturated carbocycles. The van der Waals surface area contributed by atoms with Crippen LogP contribution in [0.3, 0.4) is 0 Å². The van der Waals surface area contributed by atoms with Crippen molar-refractivity contribution < 1.29 is 19.0 Å². The van der Waals surface area contributed by atoms with Gasteiger partial charge in [0.05, 0.1) is 23.2 Å². The van der Waals surface area contributed by atoms with Gasteiger partial charge in [-0.05, 0) is 45.9 Å². The normalized spacial score (nSPS) is 17.8. The summed E-state index contributed by atoms with van der Waals surface area (Å²) in [6.07, 6.45) is -0.300. The van der Waals surface area contributed by atoms with Gasteiger partial charge < -0.3 is 19.1 Å². The number of benzene rings is 2. The highest BCUT2D eigenvalue weighted by Crippen LogP contribution is 2.47. The summed E-state index contributed by atoms with van der Waals surface area (Å²) in [5.74, 6) is 7.40. The first-order chi connectivity index (χ1) is 16.6. The van der Waals surface area contributed by atoms with Crippen LogP contribution in [0.5, 0.6) is 11.5 Å². The van der Waals surface area contributed by atoms with E-state index in [9.17, 15) is 4.79 Å². The third-order valence-electron chi connectivity index (χ3n) is 6.05. The van der Waals surface area contributed by atoms with Crippen molar-refractivity contribution in [2.75, 3.05) is 33.4 Å². The van der Waals surface area contributed by atoms with Gasteiger partial charge in [-0.1, -0.05) is 35.2 Å². The van der Waals surface area contributed by atoms with E-state index in [-0.39, 0.29) is 12.1 Å². The molecule has 0 aliphatic carbocycles. The topological polar surface area (TPSA) is 51.2 Å². The number of hydrogen-bond donors (Lipinski definition) is 0. The molecule has 1 saturated heterocycles. The minimum absolute atomic E-state index is 0.0127. The molecule has 2 aromatic carbocycles. The Hall–Kier alpha value is -2.59. The fourth-order valence-electron chi connectivity index (χ4n) is 4.50. The molecule has 8 heteroatoms. The first kappa shape index (κ1) is 25.5. The molecular weight excluding hydrogens is 487 g/mol. The molecular formula is C27H30Cl2N2O4. The zero-order valence-electron chi connectivity index (χ0n) is 20.7. The van der Waals surface area contributed by atoms with Gasteiger partial charge in [-0.3, -0.25) is 4.90 Å². The van der Waals surface area contributed by atoms with E-state index >= 15 is 0 Å². The highest BCUT2D eigenvalue weighted by Gasteiger charge is 2.35. The van der Waals surface area contributed by atoms with Gasteiger partial charge in [-0.25, -0.2) is 4.79 Å². The number of ether oxygens (including phenoxy) is 3. The summed E-state index contributed by atoms with van der Waals surface area (Å²) >= 11 is 13.6. The van der Waals surface area contributed by atoms with Gasteiger partial charge in [-0.2, -0.15) is 0 Å². The zero-order chi connectivity index (χ0) is 25.3. The molecule has 6 nitrogen and oxygen atoms in total. The lowest BCUT2D eigenvalue weighted by molar-refractivity contribution is -0.00154. The molecule has 1 amide bonds. The van der Waals surface area contributed by atoms with Crippen molar-refractivity contribution in [3.8, 4) is 34.5 Å². The summed E-state index contributed by atoms with van der Waals surface area (Å²) in [6.45, 7) is 10.3. The second-order valence-electron chi connectivity index (χ2n) is 9.66.